The van der Waals surface area contributed by atoms with Crippen molar-refractivity contribution in [3.05, 3.63) is 0 Å². The van der Waals surface area contributed by atoms with Crippen molar-refractivity contribution in [1.82, 2.24) is 5.32 Å². The fourth-order valence-electron chi connectivity index (χ4n) is 2.22. The Kier molecular flexibility index (Phi) is 6.98. The molecule has 90 valence electrons. The van der Waals surface area contributed by atoms with Crippen LogP contribution in [-0.2, 0) is 9.47 Å². The number of hydrogen-bond acceptors (Lipinski definition) is 3. The molecule has 1 aliphatic rings. The Labute approximate surface area is 93.5 Å². The molecule has 3 heteroatoms. The molecule has 2 unspecified atom stereocenters. The standard InChI is InChI=1S/C12H25NO2/c1-3-13-11-6-4-7-12(10-11)15-9-5-8-14-2/h11-13H,3-10H2,1-2H3. The van der Waals surface area contributed by atoms with E-state index in [9.17, 15) is 0 Å². The van der Waals surface area contributed by atoms with E-state index in [2.05, 4.69) is 12.2 Å². The van der Waals surface area contributed by atoms with Crippen LogP contribution in [-0.4, -0.2) is 39.0 Å². The molecule has 1 N–H and O–H groups in total. The van der Waals surface area contributed by atoms with Crippen LogP contribution < -0.4 is 5.32 Å². The van der Waals surface area contributed by atoms with Crippen molar-refractivity contribution in [1.29, 1.82) is 0 Å². The third kappa shape index (κ3) is 5.50. The summed E-state index contributed by atoms with van der Waals surface area (Å²) in [4.78, 5) is 0. The minimum atomic E-state index is 0.472. The fourth-order valence-corrected chi connectivity index (χ4v) is 2.22. The molecule has 0 spiro atoms. The SMILES string of the molecule is CCNC1CCCC(OCCCOC)C1. The van der Waals surface area contributed by atoms with Crippen LogP contribution in [0, 0.1) is 0 Å². The Hall–Kier alpha value is -0.120. The zero-order chi connectivity index (χ0) is 10.9. The van der Waals surface area contributed by atoms with E-state index in [4.69, 9.17) is 9.47 Å². The Balaban J connectivity index is 2.07. The Bertz CT molecular complexity index is 151. The van der Waals surface area contributed by atoms with E-state index in [0.717, 1.165) is 26.2 Å². The molecule has 0 saturated heterocycles. The number of methoxy groups -OCH3 is 1. The summed E-state index contributed by atoms with van der Waals surface area (Å²) in [5.41, 5.74) is 0. The molecular formula is C12H25NO2. The molecule has 1 aliphatic carbocycles. The van der Waals surface area contributed by atoms with Gasteiger partial charge in [-0.05, 0) is 38.6 Å². The monoisotopic (exact) mass is 215 g/mol. The second kappa shape index (κ2) is 8.08. The van der Waals surface area contributed by atoms with Gasteiger partial charge in [0, 0.05) is 26.4 Å². The van der Waals surface area contributed by atoms with Crippen molar-refractivity contribution in [3.63, 3.8) is 0 Å². The molecular weight excluding hydrogens is 190 g/mol. The summed E-state index contributed by atoms with van der Waals surface area (Å²) < 4.78 is 10.8. The minimum absolute atomic E-state index is 0.472. The molecule has 0 amide bonds. The third-order valence-corrected chi connectivity index (χ3v) is 2.97. The van der Waals surface area contributed by atoms with E-state index in [1.165, 1.54) is 25.7 Å². The van der Waals surface area contributed by atoms with Gasteiger partial charge in [-0.25, -0.2) is 0 Å². The van der Waals surface area contributed by atoms with Crippen LogP contribution in [0.15, 0.2) is 0 Å². The lowest BCUT2D eigenvalue weighted by atomic mass is 9.93. The molecule has 0 bridgehead atoms. The highest BCUT2D eigenvalue weighted by molar-refractivity contribution is 4.77. The second-order valence-corrected chi connectivity index (χ2v) is 4.26. The summed E-state index contributed by atoms with van der Waals surface area (Å²) in [6, 6.07) is 0.677. The van der Waals surface area contributed by atoms with Crippen LogP contribution in [0.25, 0.3) is 0 Å². The molecule has 0 radical (unpaired) electrons. The van der Waals surface area contributed by atoms with Gasteiger partial charge in [0.05, 0.1) is 6.10 Å². The van der Waals surface area contributed by atoms with Gasteiger partial charge in [-0.15, -0.1) is 0 Å². The highest BCUT2D eigenvalue weighted by Crippen LogP contribution is 2.21. The van der Waals surface area contributed by atoms with E-state index in [1.54, 1.807) is 7.11 Å². The Morgan fingerprint density at radius 1 is 1.27 bits per heavy atom. The highest BCUT2D eigenvalue weighted by atomic mass is 16.5. The Morgan fingerprint density at radius 2 is 2.13 bits per heavy atom. The van der Waals surface area contributed by atoms with Crippen LogP contribution in [0.4, 0.5) is 0 Å². The molecule has 1 rings (SSSR count). The minimum Gasteiger partial charge on any atom is -0.385 e. The quantitative estimate of drug-likeness (QED) is 0.659. The van der Waals surface area contributed by atoms with Gasteiger partial charge in [0.1, 0.15) is 0 Å². The van der Waals surface area contributed by atoms with Gasteiger partial charge in [0.2, 0.25) is 0 Å². The predicted molar refractivity (Wildman–Crippen MR) is 62.2 cm³/mol. The van der Waals surface area contributed by atoms with Gasteiger partial charge in [-0.1, -0.05) is 6.92 Å². The summed E-state index contributed by atoms with van der Waals surface area (Å²) >= 11 is 0. The molecule has 15 heavy (non-hydrogen) atoms. The van der Waals surface area contributed by atoms with Gasteiger partial charge >= 0.3 is 0 Å². The van der Waals surface area contributed by atoms with Crippen molar-refractivity contribution in [3.8, 4) is 0 Å². The highest BCUT2D eigenvalue weighted by Gasteiger charge is 2.21. The van der Waals surface area contributed by atoms with E-state index >= 15 is 0 Å². The van der Waals surface area contributed by atoms with Crippen LogP contribution in [0.2, 0.25) is 0 Å². The summed E-state index contributed by atoms with van der Waals surface area (Å²) in [6.45, 7) is 4.89. The van der Waals surface area contributed by atoms with Crippen molar-refractivity contribution >= 4 is 0 Å². The van der Waals surface area contributed by atoms with Crippen molar-refractivity contribution in [2.24, 2.45) is 0 Å². The van der Waals surface area contributed by atoms with E-state index < -0.39 is 0 Å². The van der Waals surface area contributed by atoms with Crippen LogP contribution in [0.5, 0.6) is 0 Å². The third-order valence-electron chi connectivity index (χ3n) is 2.97. The maximum atomic E-state index is 5.84. The normalized spacial score (nSPS) is 26.8. The summed E-state index contributed by atoms with van der Waals surface area (Å²) in [6.07, 6.45) is 6.51. The maximum Gasteiger partial charge on any atom is 0.0590 e. The van der Waals surface area contributed by atoms with Crippen molar-refractivity contribution in [2.75, 3.05) is 26.9 Å². The lowest BCUT2D eigenvalue weighted by Crippen LogP contribution is -2.37. The number of nitrogens with one attached hydrogen (secondary N) is 1. The van der Waals surface area contributed by atoms with Crippen LogP contribution in [0.3, 0.4) is 0 Å². The first-order chi connectivity index (χ1) is 7.36. The van der Waals surface area contributed by atoms with Gasteiger partial charge < -0.3 is 14.8 Å². The average Bonchev–Trinajstić information content (AvgIpc) is 2.26. The zero-order valence-corrected chi connectivity index (χ0v) is 10.1. The van der Waals surface area contributed by atoms with Crippen molar-refractivity contribution in [2.45, 2.75) is 51.2 Å². The van der Waals surface area contributed by atoms with Gasteiger partial charge in [0.25, 0.3) is 0 Å². The molecule has 0 aliphatic heterocycles. The summed E-state index contributed by atoms with van der Waals surface area (Å²) in [5, 5.41) is 3.51. The van der Waals surface area contributed by atoms with Crippen LogP contribution in [0.1, 0.15) is 39.0 Å². The predicted octanol–water partition coefficient (Wildman–Crippen LogP) is 1.96. The summed E-state index contributed by atoms with van der Waals surface area (Å²) in [7, 11) is 1.74. The summed E-state index contributed by atoms with van der Waals surface area (Å²) in [5.74, 6) is 0. The largest absolute Gasteiger partial charge is 0.385 e. The lowest BCUT2D eigenvalue weighted by molar-refractivity contribution is 0.0107. The molecule has 1 saturated carbocycles. The molecule has 0 aromatic heterocycles. The van der Waals surface area contributed by atoms with Gasteiger partial charge in [-0.2, -0.15) is 0 Å². The molecule has 0 heterocycles. The van der Waals surface area contributed by atoms with E-state index in [0.29, 0.717) is 12.1 Å². The number of ether oxygens (including phenoxy) is 2. The van der Waals surface area contributed by atoms with Gasteiger partial charge in [0.15, 0.2) is 0 Å². The fraction of sp³-hybridized carbons (Fsp3) is 1.00. The number of hydrogen-bond donors (Lipinski definition) is 1. The first-order valence-corrected chi connectivity index (χ1v) is 6.20. The van der Waals surface area contributed by atoms with Gasteiger partial charge in [-0.3, -0.25) is 0 Å². The smallest absolute Gasteiger partial charge is 0.0590 e. The molecule has 0 aromatic rings. The molecule has 1 fully saturated rings. The molecule has 0 aromatic carbocycles. The number of rotatable bonds is 7. The van der Waals surface area contributed by atoms with Crippen LogP contribution >= 0.6 is 0 Å². The van der Waals surface area contributed by atoms with Crippen molar-refractivity contribution < 1.29 is 9.47 Å². The maximum absolute atomic E-state index is 5.84. The van der Waals surface area contributed by atoms with E-state index in [-0.39, 0.29) is 0 Å². The van der Waals surface area contributed by atoms with E-state index in [1.807, 2.05) is 0 Å². The molecule has 2 atom stereocenters. The first-order valence-electron chi connectivity index (χ1n) is 6.20. The zero-order valence-electron chi connectivity index (χ0n) is 10.1. The second-order valence-electron chi connectivity index (χ2n) is 4.26. The first kappa shape index (κ1) is 12.9. The Morgan fingerprint density at radius 3 is 2.87 bits per heavy atom. The lowest BCUT2D eigenvalue weighted by Gasteiger charge is -2.29. The topological polar surface area (TPSA) is 30.5 Å². The average molecular weight is 215 g/mol. The molecule has 3 nitrogen and oxygen atoms in total.